The van der Waals surface area contributed by atoms with Crippen molar-refractivity contribution < 1.29 is 19.0 Å². The molecule has 0 N–H and O–H groups in total. The van der Waals surface area contributed by atoms with Crippen molar-refractivity contribution in [2.75, 3.05) is 39.2 Å². The molecule has 2 aromatic carbocycles. The van der Waals surface area contributed by atoms with E-state index in [1.165, 1.54) is 11.3 Å². The predicted octanol–water partition coefficient (Wildman–Crippen LogP) is 4.55. The van der Waals surface area contributed by atoms with Gasteiger partial charge in [-0.3, -0.25) is 9.69 Å². The molecule has 1 amide bonds. The Balaban J connectivity index is 0.00000306. The molecular formula is C24H30ClN3O4S. The van der Waals surface area contributed by atoms with Crippen LogP contribution in [-0.2, 0) is 4.79 Å². The van der Waals surface area contributed by atoms with Gasteiger partial charge in [-0.25, -0.2) is 4.98 Å². The monoisotopic (exact) mass is 491 g/mol. The van der Waals surface area contributed by atoms with Crippen LogP contribution in [0.15, 0.2) is 36.4 Å². The van der Waals surface area contributed by atoms with Crippen LogP contribution in [0.2, 0.25) is 0 Å². The maximum Gasteiger partial charge on any atom is 0.273 e. The van der Waals surface area contributed by atoms with Crippen LogP contribution in [0.1, 0.15) is 18.9 Å². The highest BCUT2D eigenvalue weighted by Crippen LogP contribution is 2.38. The van der Waals surface area contributed by atoms with Crippen molar-refractivity contribution in [3.63, 3.8) is 0 Å². The molecule has 0 fully saturated rings. The molecule has 2 atom stereocenters. The Hall–Kier alpha value is -2.55. The van der Waals surface area contributed by atoms with Gasteiger partial charge in [0.2, 0.25) is 6.10 Å². The van der Waals surface area contributed by atoms with Crippen LogP contribution in [0, 0.1) is 6.92 Å². The van der Waals surface area contributed by atoms with Gasteiger partial charge in [-0.2, -0.15) is 0 Å². The SMILES string of the molecule is COc1ccc(C)c2sc(N(CCCN(C)C)C(=O)C3Oc4ccccc4OC3C)nc12.Cl. The number of methoxy groups -OCH3 is 1. The Kier molecular flexibility index (Phi) is 8.05. The summed E-state index contributed by atoms with van der Waals surface area (Å²) in [4.78, 5) is 22.4. The van der Waals surface area contributed by atoms with E-state index >= 15 is 0 Å². The first kappa shape index (κ1) is 25.1. The van der Waals surface area contributed by atoms with Gasteiger partial charge in [0.05, 0.1) is 11.8 Å². The van der Waals surface area contributed by atoms with Gasteiger partial charge < -0.3 is 19.1 Å². The average molecular weight is 492 g/mol. The summed E-state index contributed by atoms with van der Waals surface area (Å²) >= 11 is 1.50. The first-order valence-corrected chi connectivity index (χ1v) is 11.5. The summed E-state index contributed by atoms with van der Waals surface area (Å²) in [6.45, 7) is 5.30. The van der Waals surface area contributed by atoms with Crippen LogP contribution >= 0.6 is 23.7 Å². The fourth-order valence-corrected chi connectivity index (χ4v) is 4.85. The maximum atomic E-state index is 13.8. The molecule has 0 saturated carbocycles. The third kappa shape index (κ3) is 5.18. The van der Waals surface area contributed by atoms with Crippen molar-refractivity contribution in [3.05, 3.63) is 42.0 Å². The van der Waals surface area contributed by atoms with E-state index in [-0.39, 0.29) is 18.3 Å². The summed E-state index contributed by atoms with van der Waals surface area (Å²) in [6, 6.07) is 11.4. The first-order chi connectivity index (χ1) is 15.4. The molecule has 0 radical (unpaired) electrons. The van der Waals surface area contributed by atoms with E-state index in [2.05, 4.69) is 4.90 Å². The molecule has 4 rings (SSSR count). The molecular weight excluding hydrogens is 462 g/mol. The number of rotatable bonds is 7. The number of carbonyl (C=O) groups is 1. The molecule has 2 unspecified atom stereocenters. The second-order valence-electron chi connectivity index (χ2n) is 8.21. The number of para-hydroxylation sites is 2. The van der Waals surface area contributed by atoms with Gasteiger partial charge in [0.1, 0.15) is 17.4 Å². The van der Waals surface area contributed by atoms with Gasteiger partial charge in [-0.05, 0) is 64.7 Å². The number of benzene rings is 2. The number of carbonyl (C=O) groups excluding carboxylic acids is 1. The second-order valence-corrected chi connectivity index (χ2v) is 9.19. The molecule has 1 aliphatic heterocycles. The number of hydrogen-bond acceptors (Lipinski definition) is 7. The lowest BCUT2D eigenvalue weighted by Gasteiger charge is -2.33. The number of fused-ring (bicyclic) bond motifs is 2. The highest BCUT2D eigenvalue weighted by Gasteiger charge is 2.38. The second kappa shape index (κ2) is 10.6. The van der Waals surface area contributed by atoms with E-state index in [0.29, 0.717) is 28.9 Å². The van der Waals surface area contributed by atoms with Gasteiger partial charge >= 0.3 is 0 Å². The molecule has 2 heterocycles. The average Bonchev–Trinajstić information content (AvgIpc) is 3.22. The summed E-state index contributed by atoms with van der Waals surface area (Å²) in [5, 5.41) is 0.644. The fourth-order valence-electron chi connectivity index (χ4n) is 3.77. The first-order valence-electron chi connectivity index (χ1n) is 10.7. The molecule has 1 aliphatic rings. The van der Waals surface area contributed by atoms with E-state index in [1.807, 2.05) is 64.3 Å². The minimum Gasteiger partial charge on any atom is -0.494 e. The van der Waals surface area contributed by atoms with Gasteiger partial charge in [0, 0.05) is 6.54 Å². The van der Waals surface area contributed by atoms with Crippen LogP contribution in [0.4, 0.5) is 5.13 Å². The fraction of sp³-hybridized carbons (Fsp3) is 0.417. The number of thiazole rings is 1. The number of aromatic nitrogens is 1. The number of hydrogen-bond donors (Lipinski definition) is 0. The zero-order chi connectivity index (χ0) is 22.8. The predicted molar refractivity (Wildman–Crippen MR) is 135 cm³/mol. The summed E-state index contributed by atoms with van der Waals surface area (Å²) in [6.07, 6.45) is -0.359. The minimum absolute atomic E-state index is 0. The zero-order valence-corrected chi connectivity index (χ0v) is 21.2. The highest BCUT2D eigenvalue weighted by molar-refractivity contribution is 7.22. The van der Waals surface area contributed by atoms with Crippen molar-refractivity contribution in [1.29, 1.82) is 0 Å². The largest absolute Gasteiger partial charge is 0.494 e. The normalized spacial score (nSPS) is 17.0. The van der Waals surface area contributed by atoms with E-state index in [4.69, 9.17) is 19.2 Å². The lowest BCUT2D eigenvalue weighted by Crippen LogP contribution is -2.51. The third-order valence-corrected chi connectivity index (χ3v) is 6.70. The van der Waals surface area contributed by atoms with Crippen LogP contribution in [-0.4, -0.2) is 62.3 Å². The molecule has 7 nitrogen and oxygen atoms in total. The Labute approximate surface area is 204 Å². The van der Waals surface area contributed by atoms with E-state index in [1.54, 1.807) is 12.0 Å². The van der Waals surface area contributed by atoms with Crippen molar-refractivity contribution in [2.24, 2.45) is 0 Å². The topological polar surface area (TPSA) is 64.1 Å². The van der Waals surface area contributed by atoms with Crippen LogP contribution < -0.4 is 19.1 Å². The number of ether oxygens (including phenoxy) is 3. The van der Waals surface area contributed by atoms with Gasteiger partial charge in [-0.1, -0.05) is 29.5 Å². The van der Waals surface area contributed by atoms with Gasteiger partial charge in [0.25, 0.3) is 5.91 Å². The van der Waals surface area contributed by atoms with E-state index in [0.717, 1.165) is 28.7 Å². The summed E-state index contributed by atoms with van der Waals surface area (Å²) in [7, 11) is 5.68. The zero-order valence-electron chi connectivity index (χ0n) is 19.5. The molecule has 9 heteroatoms. The number of amides is 1. The molecule has 3 aromatic rings. The molecule has 33 heavy (non-hydrogen) atoms. The Bertz CT molecular complexity index is 1120. The van der Waals surface area contributed by atoms with Gasteiger partial charge in [0.15, 0.2) is 16.6 Å². The smallest absolute Gasteiger partial charge is 0.273 e. The molecule has 178 valence electrons. The van der Waals surface area contributed by atoms with Crippen molar-refractivity contribution in [2.45, 2.75) is 32.5 Å². The van der Waals surface area contributed by atoms with Crippen molar-refractivity contribution in [3.8, 4) is 17.2 Å². The van der Waals surface area contributed by atoms with E-state index in [9.17, 15) is 4.79 Å². The lowest BCUT2D eigenvalue weighted by atomic mass is 10.1. The quantitative estimate of drug-likeness (QED) is 0.483. The number of anilines is 1. The maximum absolute atomic E-state index is 13.8. The highest BCUT2D eigenvalue weighted by atomic mass is 35.5. The number of aryl methyl sites for hydroxylation is 1. The Morgan fingerprint density at radius 2 is 1.82 bits per heavy atom. The molecule has 0 bridgehead atoms. The Morgan fingerprint density at radius 3 is 2.48 bits per heavy atom. The molecule has 1 aromatic heterocycles. The van der Waals surface area contributed by atoms with E-state index < -0.39 is 12.2 Å². The van der Waals surface area contributed by atoms with Crippen LogP contribution in [0.5, 0.6) is 17.2 Å². The molecule has 0 spiro atoms. The molecule has 0 aliphatic carbocycles. The number of nitrogens with zero attached hydrogens (tertiary/aromatic N) is 3. The molecule has 0 saturated heterocycles. The lowest BCUT2D eigenvalue weighted by molar-refractivity contribution is -0.130. The summed E-state index contributed by atoms with van der Waals surface area (Å²) < 4.78 is 18.6. The summed E-state index contributed by atoms with van der Waals surface area (Å²) in [5.74, 6) is 1.79. The van der Waals surface area contributed by atoms with Crippen molar-refractivity contribution >= 4 is 45.0 Å². The minimum atomic E-state index is -0.751. The van der Waals surface area contributed by atoms with Gasteiger partial charge in [-0.15, -0.1) is 12.4 Å². The number of halogens is 1. The third-order valence-electron chi connectivity index (χ3n) is 5.48. The van der Waals surface area contributed by atoms with Crippen LogP contribution in [0.25, 0.3) is 10.2 Å². The standard InChI is InChI=1S/C24H29N3O4S.ClH/c1-15-11-12-19(29-5)20-22(15)32-24(25-20)27(14-8-13-26(3)4)23(28)21-16(2)30-17-9-6-7-10-18(17)31-21;/h6-7,9-12,16,21H,8,13-14H2,1-5H3;1H. The van der Waals surface area contributed by atoms with Crippen LogP contribution in [0.3, 0.4) is 0 Å². The van der Waals surface area contributed by atoms with Crippen molar-refractivity contribution in [1.82, 2.24) is 9.88 Å². The Morgan fingerprint density at radius 1 is 1.12 bits per heavy atom. The summed E-state index contributed by atoms with van der Waals surface area (Å²) in [5.41, 5.74) is 1.88.